The van der Waals surface area contributed by atoms with Gasteiger partial charge in [0.05, 0.1) is 11.6 Å². The summed E-state index contributed by atoms with van der Waals surface area (Å²) in [5.41, 5.74) is 3.19. The lowest BCUT2D eigenvalue weighted by Gasteiger charge is -2.17. The van der Waals surface area contributed by atoms with Crippen molar-refractivity contribution in [3.63, 3.8) is 0 Å². The molecule has 1 N–H and O–H groups in total. The third-order valence-corrected chi connectivity index (χ3v) is 4.81. The highest BCUT2D eigenvalue weighted by molar-refractivity contribution is 8.00. The number of hydrogen-bond donors (Lipinski definition) is 1. The standard InChI is InChI=1S/C20H25NOS/c1-5-16-10-12-17(13-11-16)15(4)21-20(22)18-8-6-7-9-19(18)23-14(2)3/h6-15H,5H2,1-4H3,(H,21,22)/t15-/m1/s1. The molecule has 2 aromatic carbocycles. The van der Waals surface area contributed by atoms with E-state index in [1.165, 1.54) is 5.56 Å². The van der Waals surface area contributed by atoms with E-state index in [9.17, 15) is 4.79 Å². The summed E-state index contributed by atoms with van der Waals surface area (Å²) in [5.74, 6) is -0.0131. The summed E-state index contributed by atoms with van der Waals surface area (Å²) in [6.07, 6.45) is 1.03. The monoisotopic (exact) mass is 327 g/mol. The maximum absolute atomic E-state index is 12.6. The van der Waals surface area contributed by atoms with Crippen LogP contribution in [-0.2, 0) is 6.42 Å². The van der Waals surface area contributed by atoms with Crippen LogP contribution in [0.3, 0.4) is 0 Å². The Morgan fingerprint density at radius 3 is 2.30 bits per heavy atom. The van der Waals surface area contributed by atoms with Gasteiger partial charge in [-0.15, -0.1) is 11.8 Å². The molecule has 0 spiro atoms. The highest BCUT2D eigenvalue weighted by Crippen LogP contribution is 2.27. The van der Waals surface area contributed by atoms with Crippen LogP contribution in [0.25, 0.3) is 0 Å². The predicted molar refractivity (Wildman–Crippen MR) is 99.1 cm³/mol. The fourth-order valence-corrected chi connectivity index (χ4v) is 3.36. The van der Waals surface area contributed by atoms with Gasteiger partial charge in [0.25, 0.3) is 5.91 Å². The molecule has 0 aromatic heterocycles. The number of amides is 1. The third kappa shape index (κ3) is 4.87. The molecule has 0 bridgehead atoms. The molecule has 0 saturated carbocycles. The number of carbonyl (C=O) groups is 1. The predicted octanol–water partition coefficient (Wildman–Crippen LogP) is 5.24. The molecule has 2 rings (SSSR count). The average Bonchev–Trinajstić information content (AvgIpc) is 2.54. The first kappa shape index (κ1) is 17.6. The van der Waals surface area contributed by atoms with Crippen LogP contribution in [0, 0.1) is 0 Å². The molecular weight excluding hydrogens is 302 g/mol. The van der Waals surface area contributed by atoms with Crippen LogP contribution in [0.4, 0.5) is 0 Å². The van der Waals surface area contributed by atoms with Gasteiger partial charge < -0.3 is 5.32 Å². The largest absolute Gasteiger partial charge is 0.345 e. The first-order valence-electron chi connectivity index (χ1n) is 8.16. The summed E-state index contributed by atoms with van der Waals surface area (Å²) in [7, 11) is 0. The molecule has 1 atom stereocenters. The minimum Gasteiger partial charge on any atom is -0.345 e. The molecular formula is C20H25NOS. The van der Waals surface area contributed by atoms with Gasteiger partial charge in [-0.05, 0) is 36.6 Å². The van der Waals surface area contributed by atoms with Crippen molar-refractivity contribution in [1.29, 1.82) is 0 Å². The Bertz CT molecular complexity index is 649. The van der Waals surface area contributed by atoms with E-state index in [-0.39, 0.29) is 11.9 Å². The van der Waals surface area contributed by atoms with E-state index in [1.807, 2.05) is 31.2 Å². The van der Waals surface area contributed by atoms with Crippen LogP contribution >= 0.6 is 11.8 Å². The molecule has 2 aromatic rings. The number of nitrogens with one attached hydrogen (secondary N) is 1. The van der Waals surface area contributed by atoms with E-state index in [1.54, 1.807) is 11.8 Å². The first-order valence-corrected chi connectivity index (χ1v) is 9.04. The Morgan fingerprint density at radius 1 is 1.04 bits per heavy atom. The zero-order chi connectivity index (χ0) is 16.8. The maximum atomic E-state index is 12.6. The van der Waals surface area contributed by atoms with Crippen LogP contribution in [-0.4, -0.2) is 11.2 Å². The Balaban J connectivity index is 2.11. The highest BCUT2D eigenvalue weighted by atomic mass is 32.2. The minimum atomic E-state index is -0.0131. The van der Waals surface area contributed by atoms with Crippen LogP contribution in [0.2, 0.25) is 0 Å². The second-order valence-corrected chi connectivity index (χ2v) is 7.57. The van der Waals surface area contributed by atoms with E-state index >= 15 is 0 Å². The van der Waals surface area contributed by atoms with Gasteiger partial charge in [-0.3, -0.25) is 4.79 Å². The summed E-state index contributed by atoms with van der Waals surface area (Å²) >= 11 is 1.72. The fraction of sp³-hybridized carbons (Fsp3) is 0.350. The molecule has 1 amide bonds. The molecule has 122 valence electrons. The van der Waals surface area contributed by atoms with Crippen LogP contribution < -0.4 is 5.32 Å². The summed E-state index contributed by atoms with van der Waals surface area (Å²) in [5, 5.41) is 3.56. The van der Waals surface area contributed by atoms with E-state index in [2.05, 4.69) is 50.4 Å². The molecule has 0 saturated heterocycles. The first-order chi connectivity index (χ1) is 11.0. The van der Waals surface area contributed by atoms with Gasteiger partial charge in [0.15, 0.2) is 0 Å². The Labute approximate surface area is 143 Å². The lowest BCUT2D eigenvalue weighted by atomic mass is 10.0. The van der Waals surface area contributed by atoms with Gasteiger partial charge in [-0.2, -0.15) is 0 Å². The number of rotatable bonds is 6. The van der Waals surface area contributed by atoms with Gasteiger partial charge in [0, 0.05) is 10.1 Å². The van der Waals surface area contributed by atoms with Crippen molar-refractivity contribution in [3.8, 4) is 0 Å². The summed E-state index contributed by atoms with van der Waals surface area (Å²) in [6.45, 7) is 8.44. The summed E-state index contributed by atoms with van der Waals surface area (Å²) in [6, 6.07) is 16.2. The second kappa shape index (κ2) is 8.21. The van der Waals surface area contributed by atoms with E-state index in [4.69, 9.17) is 0 Å². The van der Waals surface area contributed by atoms with Gasteiger partial charge in [-0.1, -0.05) is 57.2 Å². The SMILES string of the molecule is CCc1ccc([C@@H](C)NC(=O)c2ccccc2SC(C)C)cc1. The lowest BCUT2D eigenvalue weighted by molar-refractivity contribution is 0.0937. The fourth-order valence-electron chi connectivity index (χ4n) is 2.41. The van der Waals surface area contributed by atoms with Crippen molar-refractivity contribution in [2.24, 2.45) is 0 Å². The number of benzene rings is 2. The van der Waals surface area contributed by atoms with Gasteiger partial charge in [-0.25, -0.2) is 0 Å². The highest BCUT2D eigenvalue weighted by Gasteiger charge is 2.15. The van der Waals surface area contributed by atoms with Gasteiger partial charge in [0.1, 0.15) is 0 Å². The van der Waals surface area contributed by atoms with Crippen molar-refractivity contribution in [2.75, 3.05) is 0 Å². The van der Waals surface area contributed by atoms with Gasteiger partial charge in [0.2, 0.25) is 0 Å². The minimum absolute atomic E-state index is 0.00878. The number of carbonyl (C=O) groups excluding carboxylic acids is 1. The number of aryl methyl sites for hydroxylation is 1. The molecule has 0 heterocycles. The van der Waals surface area contributed by atoms with Crippen LogP contribution in [0.1, 0.15) is 55.2 Å². The van der Waals surface area contributed by atoms with Crippen LogP contribution in [0.15, 0.2) is 53.4 Å². The Morgan fingerprint density at radius 2 is 1.70 bits per heavy atom. The summed E-state index contributed by atoms with van der Waals surface area (Å²) in [4.78, 5) is 13.7. The molecule has 0 aliphatic rings. The van der Waals surface area contributed by atoms with Crippen molar-refractivity contribution < 1.29 is 4.79 Å². The topological polar surface area (TPSA) is 29.1 Å². The molecule has 23 heavy (non-hydrogen) atoms. The van der Waals surface area contributed by atoms with E-state index in [0.717, 1.165) is 22.4 Å². The van der Waals surface area contributed by atoms with E-state index < -0.39 is 0 Å². The van der Waals surface area contributed by atoms with Crippen molar-refractivity contribution in [1.82, 2.24) is 5.32 Å². The Hall–Kier alpha value is -1.74. The quantitative estimate of drug-likeness (QED) is 0.735. The Kier molecular flexibility index (Phi) is 6.28. The van der Waals surface area contributed by atoms with Gasteiger partial charge >= 0.3 is 0 Å². The smallest absolute Gasteiger partial charge is 0.252 e. The lowest BCUT2D eigenvalue weighted by Crippen LogP contribution is -2.27. The van der Waals surface area contributed by atoms with Crippen molar-refractivity contribution in [3.05, 3.63) is 65.2 Å². The normalized spacial score (nSPS) is 12.2. The van der Waals surface area contributed by atoms with E-state index in [0.29, 0.717) is 5.25 Å². The maximum Gasteiger partial charge on any atom is 0.252 e. The molecule has 0 unspecified atom stereocenters. The molecule has 0 fully saturated rings. The van der Waals surface area contributed by atoms with Crippen molar-refractivity contribution >= 4 is 17.7 Å². The summed E-state index contributed by atoms with van der Waals surface area (Å²) < 4.78 is 0. The second-order valence-electron chi connectivity index (χ2n) is 5.95. The molecule has 2 nitrogen and oxygen atoms in total. The zero-order valence-electron chi connectivity index (χ0n) is 14.3. The zero-order valence-corrected chi connectivity index (χ0v) is 15.1. The average molecular weight is 327 g/mol. The third-order valence-electron chi connectivity index (χ3n) is 3.73. The molecule has 0 aliphatic heterocycles. The molecule has 3 heteroatoms. The number of hydrogen-bond acceptors (Lipinski definition) is 2. The molecule has 0 aliphatic carbocycles. The van der Waals surface area contributed by atoms with Crippen LogP contribution in [0.5, 0.6) is 0 Å². The van der Waals surface area contributed by atoms with Crippen molar-refractivity contribution in [2.45, 2.75) is 50.3 Å². The molecule has 0 radical (unpaired) electrons. The number of thioether (sulfide) groups is 1.